The molecule has 0 atom stereocenters. The van der Waals surface area contributed by atoms with Crippen LogP contribution in [0.3, 0.4) is 0 Å². The number of benzene rings is 1. The molecule has 0 heterocycles. The molecular weight excluding hydrogens is 267 g/mol. The molecule has 1 aromatic carbocycles. The second kappa shape index (κ2) is 6.33. The first-order valence-corrected chi connectivity index (χ1v) is 7.99. The Kier molecular flexibility index (Phi) is 5.29. The Morgan fingerprint density at radius 1 is 1.26 bits per heavy atom. The van der Waals surface area contributed by atoms with Crippen LogP contribution in [0.5, 0.6) is 5.75 Å². The van der Waals surface area contributed by atoms with E-state index >= 15 is 0 Å². The Morgan fingerprint density at radius 3 is 2.32 bits per heavy atom. The highest BCUT2D eigenvalue weighted by Crippen LogP contribution is 2.40. The average Bonchev–Trinajstić information content (AvgIpc) is 2.31. The first-order valence-electron chi connectivity index (χ1n) is 6.19. The molecule has 0 saturated carbocycles. The fourth-order valence-corrected chi connectivity index (χ4v) is 2.67. The van der Waals surface area contributed by atoms with Crippen molar-refractivity contribution in [1.82, 2.24) is 0 Å². The molecule has 106 valence electrons. The number of phenols is 1. The number of hydrogen-bond donors (Lipinski definition) is 3. The third-order valence-corrected chi connectivity index (χ3v) is 3.85. The van der Waals surface area contributed by atoms with Crippen LogP contribution in [0.1, 0.15) is 42.6 Å². The van der Waals surface area contributed by atoms with Crippen LogP contribution in [0.15, 0.2) is 18.2 Å². The minimum Gasteiger partial charge on any atom is -0.507 e. The summed E-state index contributed by atoms with van der Waals surface area (Å²) in [4.78, 5) is 30.1. The number of rotatable bonds is 6. The molecule has 0 aliphatic rings. The zero-order valence-electron chi connectivity index (χ0n) is 11.0. The van der Waals surface area contributed by atoms with E-state index in [9.17, 15) is 14.5 Å². The van der Waals surface area contributed by atoms with Crippen LogP contribution < -0.4 is 0 Å². The predicted octanol–water partition coefficient (Wildman–Crippen LogP) is 2.69. The fourth-order valence-electron chi connectivity index (χ4n) is 2.00. The lowest BCUT2D eigenvalue weighted by Gasteiger charge is -2.13. The molecule has 0 aliphatic heterocycles. The van der Waals surface area contributed by atoms with E-state index in [0.717, 1.165) is 0 Å². The number of Topliss-reactive ketones (excluding diaryl/α,β-unsaturated/α-hetero) is 1. The van der Waals surface area contributed by atoms with Gasteiger partial charge in [0.2, 0.25) is 0 Å². The lowest BCUT2D eigenvalue weighted by molar-refractivity contribution is 0.0910. The van der Waals surface area contributed by atoms with E-state index in [1.807, 2.05) is 13.8 Å². The van der Waals surface area contributed by atoms with Crippen molar-refractivity contribution in [2.75, 3.05) is 0 Å². The van der Waals surface area contributed by atoms with E-state index in [1.165, 1.54) is 18.2 Å². The summed E-state index contributed by atoms with van der Waals surface area (Å²) >= 11 is 0. The average molecular weight is 286 g/mol. The van der Waals surface area contributed by atoms with Gasteiger partial charge in [0, 0.05) is 5.92 Å². The first kappa shape index (κ1) is 15.9. The van der Waals surface area contributed by atoms with Crippen molar-refractivity contribution in [3.05, 3.63) is 29.3 Å². The number of phenolic OH excluding ortho intramolecular Hbond substituents is 1. The van der Waals surface area contributed by atoms with Gasteiger partial charge in [-0.2, -0.15) is 0 Å². The molecule has 0 saturated heterocycles. The molecule has 0 unspecified atom stereocenters. The summed E-state index contributed by atoms with van der Waals surface area (Å²) in [5, 5.41) is 9.73. The summed E-state index contributed by atoms with van der Waals surface area (Å²) in [5.74, 6) is -0.516. The van der Waals surface area contributed by atoms with Crippen molar-refractivity contribution in [2.45, 2.75) is 32.9 Å². The van der Waals surface area contributed by atoms with E-state index in [-0.39, 0.29) is 23.0 Å². The number of ketones is 1. The minimum atomic E-state index is -4.18. The van der Waals surface area contributed by atoms with Crippen molar-refractivity contribution in [2.24, 2.45) is 5.92 Å². The quantitative estimate of drug-likeness (QED) is 0.552. The van der Waals surface area contributed by atoms with Crippen LogP contribution in [0.25, 0.3) is 0 Å². The van der Waals surface area contributed by atoms with Crippen LogP contribution >= 0.6 is 7.60 Å². The van der Waals surface area contributed by atoms with Gasteiger partial charge in [-0.05, 0) is 30.5 Å². The normalized spacial score (nSPS) is 11.8. The fraction of sp³-hybridized carbons (Fsp3) is 0.462. The molecule has 0 aliphatic carbocycles. The highest BCUT2D eigenvalue weighted by molar-refractivity contribution is 7.50. The van der Waals surface area contributed by atoms with Crippen LogP contribution in [0.4, 0.5) is 0 Å². The summed E-state index contributed by atoms with van der Waals surface area (Å²) in [6, 6.07) is 4.09. The molecular formula is C13H19O5P. The number of carbonyl (C=O) groups is 1. The van der Waals surface area contributed by atoms with E-state index in [0.29, 0.717) is 18.4 Å². The molecule has 6 heteroatoms. The summed E-state index contributed by atoms with van der Waals surface area (Å²) in [5.41, 5.74) is 0.486. The maximum absolute atomic E-state index is 12.2. The molecule has 0 spiro atoms. The van der Waals surface area contributed by atoms with Gasteiger partial charge < -0.3 is 14.9 Å². The Morgan fingerprint density at radius 2 is 1.84 bits per heavy atom. The van der Waals surface area contributed by atoms with Crippen LogP contribution in [0.2, 0.25) is 0 Å². The van der Waals surface area contributed by atoms with Gasteiger partial charge in [0.15, 0.2) is 5.78 Å². The van der Waals surface area contributed by atoms with Gasteiger partial charge in [-0.1, -0.05) is 19.9 Å². The lowest BCUT2D eigenvalue weighted by atomic mass is 9.92. The Balaban J connectivity index is 3.10. The lowest BCUT2D eigenvalue weighted by Crippen LogP contribution is -2.13. The molecule has 0 aromatic heterocycles. The highest BCUT2D eigenvalue weighted by atomic mass is 31.2. The standard InChI is InChI=1S/C13H19O5P/c1-3-10(4-2)13(15)11-7-9(5-6-12(11)14)8-19(16,17)18/h5-7,10,14H,3-4,8H2,1-2H3,(H2,16,17,18). The molecule has 1 rings (SSSR count). The van der Waals surface area contributed by atoms with Gasteiger partial charge in [0.05, 0.1) is 11.7 Å². The third kappa shape index (κ3) is 4.46. The van der Waals surface area contributed by atoms with Crippen molar-refractivity contribution < 1.29 is 24.3 Å². The monoisotopic (exact) mass is 286 g/mol. The summed E-state index contributed by atoms with van der Waals surface area (Å²) < 4.78 is 11.0. The summed E-state index contributed by atoms with van der Waals surface area (Å²) in [6.45, 7) is 3.78. The molecule has 1 aromatic rings. The first-order chi connectivity index (χ1) is 8.78. The summed E-state index contributed by atoms with van der Waals surface area (Å²) in [7, 11) is -4.18. The Bertz CT molecular complexity index is 502. The topological polar surface area (TPSA) is 94.8 Å². The molecule has 19 heavy (non-hydrogen) atoms. The van der Waals surface area contributed by atoms with Crippen LogP contribution in [-0.4, -0.2) is 20.7 Å². The smallest absolute Gasteiger partial charge is 0.329 e. The number of aromatic hydroxyl groups is 1. The molecule has 5 nitrogen and oxygen atoms in total. The van der Waals surface area contributed by atoms with Gasteiger partial charge >= 0.3 is 7.60 Å². The maximum Gasteiger partial charge on any atom is 0.329 e. The van der Waals surface area contributed by atoms with E-state index < -0.39 is 13.8 Å². The summed E-state index contributed by atoms with van der Waals surface area (Å²) in [6.07, 6.45) is 0.894. The minimum absolute atomic E-state index is 0.139. The third-order valence-electron chi connectivity index (χ3n) is 3.07. The molecule has 0 bridgehead atoms. The SMILES string of the molecule is CCC(CC)C(=O)c1cc(CP(=O)(O)O)ccc1O. The van der Waals surface area contributed by atoms with Crippen molar-refractivity contribution in [3.63, 3.8) is 0 Å². The van der Waals surface area contributed by atoms with E-state index in [2.05, 4.69) is 0 Å². The molecule has 0 fully saturated rings. The van der Waals surface area contributed by atoms with Gasteiger partial charge in [0.1, 0.15) is 5.75 Å². The van der Waals surface area contributed by atoms with Gasteiger partial charge in [-0.25, -0.2) is 0 Å². The Hall–Kier alpha value is -1.16. The second-order valence-electron chi connectivity index (χ2n) is 4.55. The number of carbonyl (C=O) groups excluding carboxylic acids is 1. The van der Waals surface area contributed by atoms with Crippen LogP contribution in [-0.2, 0) is 10.7 Å². The van der Waals surface area contributed by atoms with Crippen molar-refractivity contribution >= 4 is 13.4 Å². The Labute approximate surface area is 112 Å². The maximum atomic E-state index is 12.2. The zero-order valence-corrected chi connectivity index (χ0v) is 11.9. The van der Waals surface area contributed by atoms with Gasteiger partial charge in [0.25, 0.3) is 0 Å². The molecule has 3 N–H and O–H groups in total. The highest BCUT2D eigenvalue weighted by Gasteiger charge is 2.21. The van der Waals surface area contributed by atoms with Crippen LogP contribution in [0, 0.1) is 5.92 Å². The van der Waals surface area contributed by atoms with Gasteiger partial charge in [-0.3, -0.25) is 9.36 Å². The van der Waals surface area contributed by atoms with E-state index in [1.54, 1.807) is 0 Å². The van der Waals surface area contributed by atoms with Crippen molar-refractivity contribution in [1.29, 1.82) is 0 Å². The molecule has 0 radical (unpaired) electrons. The number of hydrogen-bond acceptors (Lipinski definition) is 3. The molecule has 0 amide bonds. The van der Waals surface area contributed by atoms with E-state index in [4.69, 9.17) is 9.79 Å². The zero-order chi connectivity index (χ0) is 14.6. The largest absolute Gasteiger partial charge is 0.507 e. The van der Waals surface area contributed by atoms with Gasteiger partial charge in [-0.15, -0.1) is 0 Å². The predicted molar refractivity (Wildman–Crippen MR) is 72.3 cm³/mol. The van der Waals surface area contributed by atoms with Crippen molar-refractivity contribution in [3.8, 4) is 5.75 Å². The second-order valence-corrected chi connectivity index (χ2v) is 6.20.